The molecule has 6 heteroatoms. The molecule has 1 saturated heterocycles. The van der Waals surface area contributed by atoms with Crippen molar-refractivity contribution in [2.75, 3.05) is 11.5 Å². The highest BCUT2D eigenvalue weighted by Crippen LogP contribution is 2.36. The first-order valence-electron chi connectivity index (χ1n) is 7.35. The number of ether oxygens (including phenoxy) is 1. The second kappa shape index (κ2) is 7.15. The Labute approximate surface area is 149 Å². The smallest absolute Gasteiger partial charge is 0.270 e. The molecule has 24 heavy (non-hydrogen) atoms. The maximum absolute atomic E-state index is 13.1. The third-order valence-electron chi connectivity index (χ3n) is 3.37. The first-order chi connectivity index (χ1) is 11.6. The summed E-state index contributed by atoms with van der Waals surface area (Å²) >= 11 is 6.53. The van der Waals surface area contributed by atoms with Crippen LogP contribution in [0.5, 0.6) is 5.75 Å². The predicted molar refractivity (Wildman–Crippen MR) is 99.7 cm³/mol. The zero-order chi connectivity index (χ0) is 17.1. The van der Waals surface area contributed by atoms with Crippen molar-refractivity contribution in [3.8, 4) is 5.75 Å². The monoisotopic (exact) mass is 359 g/mol. The summed E-state index contributed by atoms with van der Waals surface area (Å²) in [5.74, 6) is 0.230. The van der Waals surface area contributed by atoms with Gasteiger partial charge in [-0.25, -0.2) is 4.39 Å². The van der Waals surface area contributed by atoms with Gasteiger partial charge < -0.3 is 4.74 Å². The molecule has 0 atom stereocenters. The van der Waals surface area contributed by atoms with Crippen LogP contribution in [0.2, 0.25) is 0 Å². The van der Waals surface area contributed by atoms with Gasteiger partial charge in [-0.2, -0.15) is 0 Å². The number of thioether (sulfide) groups is 1. The number of hydrogen-bond acceptors (Lipinski definition) is 4. The van der Waals surface area contributed by atoms with Crippen LogP contribution in [0.1, 0.15) is 12.5 Å². The van der Waals surface area contributed by atoms with E-state index in [1.807, 2.05) is 31.2 Å². The van der Waals surface area contributed by atoms with Crippen molar-refractivity contribution in [2.24, 2.45) is 0 Å². The van der Waals surface area contributed by atoms with Gasteiger partial charge in [0.25, 0.3) is 5.91 Å². The lowest BCUT2D eigenvalue weighted by Gasteiger charge is -2.14. The van der Waals surface area contributed by atoms with Crippen LogP contribution < -0.4 is 9.64 Å². The van der Waals surface area contributed by atoms with Crippen molar-refractivity contribution in [2.45, 2.75) is 6.92 Å². The van der Waals surface area contributed by atoms with Crippen molar-refractivity contribution in [3.63, 3.8) is 0 Å². The Bertz CT molecular complexity index is 801. The topological polar surface area (TPSA) is 29.5 Å². The number of carbonyl (C=O) groups excluding carboxylic acids is 1. The Morgan fingerprint density at radius 3 is 2.46 bits per heavy atom. The molecular weight excluding hydrogens is 345 g/mol. The molecule has 122 valence electrons. The second-order valence-electron chi connectivity index (χ2n) is 5.00. The lowest BCUT2D eigenvalue weighted by atomic mass is 10.2. The van der Waals surface area contributed by atoms with E-state index >= 15 is 0 Å². The van der Waals surface area contributed by atoms with Crippen molar-refractivity contribution in [1.82, 2.24) is 0 Å². The molecule has 1 fully saturated rings. The largest absolute Gasteiger partial charge is 0.494 e. The molecule has 3 nitrogen and oxygen atoms in total. The van der Waals surface area contributed by atoms with Crippen LogP contribution >= 0.6 is 24.0 Å². The van der Waals surface area contributed by atoms with E-state index < -0.39 is 0 Å². The van der Waals surface area contributed by atoms with E-state index in [1.165, 1.54) is 28.8 Å². The summed E-state index contributed by atoms with van der Waals surface area (Å²) in [5.41, 5.74) is 1.45. The Hall–Kier alpha value is -2.18. The highest BCUT2D eigenvalue weighted by molar-refractivity contribution is 8.27. The number of amides is 1. The molecule has 0 spiro atoms. The van der Waals surface area contributed by atoms with Gasteiger partial charge in [0.1, 0.15) is 11.6 Å². The second-order valence-corrected chi connectivity index (χ2v) is 6.67. The average molecular weight is 359 g/mol. The van der Waals surface area contributed by atoms with Gasteiger partial charge in [-0.05, 0) is 55.0 Å². The van der Waals surface area contributed by atoms with Crippen molar-refractivity contribution in [3.05, 3.63) is 64.8 Å². The van der Waals surface area contributed by atoms with Crippen LogP contribution in [0.4, 0.5) is 10.1 Å². The number of carbonyl (C=O) groups is 1. The van der Waals surface area contributed by atoms with Crippen molar-refractivity contribution in [1.29, 1.82) is 0 Å². The summed E-state index contributed by atoms with van der Waals surface area (Å²) in [6.45, 7) is 2.53. The number of anilines is 1. The minimum atomic E-state index is -0.353. The summed E-state index contributed by atoms with van der Waals surface area (Å²) in [4.78, 5) is 14.6. The molecule has 1 aliphatic rings. The lowest BCUT2D eigenvalue weighted by Crippen LogP contribution is -2.27. The highest BCUT2D eigenvalue weighted by atomic mass is 32.2. The van der Waals surface area contributed by atoms with Crippen LogP contribution in [-0.4, -0.2) is 16.8 Å². The van der Waals surface area contributed by atoms with Gasteiger partial charge in [0.2, 0.25) is 0 Å². The standard InChI is InChI=1S/C18H14FNO2S2/c1-2-22-15-9-3-12(4-10-15)11-16-17(21)20(18(23)24-16)14-7-5-13(19)6-8-14/h3-11H,2H2,1H3/b16-11-. The van der Waals surface area contributed by atoms with Crippen molar-refractivity contribution < 1.29 is 13.9 Å². The summed E-state index contributed by atoms with van der Waals surface area (Å²) in [7, 11) is 0. The van der Waals surface area contributed by atoms with E-state index in [1.54, 1.807) is 18.2 Å². The summed E-state index contributed by atoms with van der Waals surface area (Å²) in [6, 6.07) is 13.2. The highest BCUT2D eigenvalue weighted by Gasteiger charge is 2.33. The van der Waals surface area contributed by atoms with Gasteiger partial charge in [-0.3, -0.25) is 9.69 Å². The lowest BCUT2D eigenvalue weighted by molar-refractivity contribution is -0.113. The third-order valence-corrected chi connectivity index (χ3v) is 4.67. The molecular formula is C18H14FNO2S2. The van der Waals surface area contributed by atoms with E-state index in [4.69, 9.17) is 17.0 Å². The van der Waals surface area contributed by atoms with Gasteiger partial charge in [0.05, 0.1) is 17.2 Å². The van der Waals surface area contributed by atoms with Gasteiger partial charge >= 0.3 is 0 Å². The minimum absolute atomic E-state index is 0.203. The van der Waals surface area contributed by atoms with Gasteiger partial charge in [0.15, 0.2) is 4.32 Å². The van der Waals surface area contributed by atoms with Crippen LogP contribution in [0, 0.1) is 5.82 Å². The zero-order valence-electron chi connectivity index (χ0n) is 12.9. The normalized spacial score (nSPS) is 16.1. The van der Waals surface area contributed by atoms with Crippen LogP contribution in [-0.2, 0) is 4.79 Å². The first-order valence-corrected chi connectivity index (χ1v) is 8.57. The zero-order valence-corrected chi connectivity index (χ0v) is 14.5. The fourth-order valence-corrected chi connectivity index (χ4v) is 3.56. The Kier molecular flexibility index (Phi) is 4.97. The number of rotatable bonds is 4. The molecule has 1 aliphatic heterocycles. The third kappa shape index (κ3) is 3.49. The van der Waals surface area contributed by atoms with Crippen LogP contribution in [0.25, 0.3) is 6.08 Å². The molecule has 1 amide bonds. The first kappa shape index (κ1) is 16.7. The Balaban J connectivity index is 1.83. The number of nitrogens with zero attached hydrogens (tertiary/aromatic N) is 1. The molecule has 1 heterocycles. The maximum Gasteiger partial charge on any atom is 0.270 e. The number of thiocarbonyl (C=S) groups is 1. The summed E-state index contributed by atoms with van der Waals surface area (Å²) < 4.78 is 18.9. The fraction of sp³-hybridized carbons (Fsp3) is 0.111. The molecule has 2 aromatic rings. The van der Waals surface area contributed by atoms with Crippen LogP contribution in [0.15, 0.2) is 53.4 Å². The summed E-state index contributed by atoms with van der Waals surface area (Å²) in [5, 5.41) is 0. The molecule has 0 unspecified atom stereocenters. The van der Waals surface area contributed by atoms with E-state index in [9.17, 15) is 9.18 Å². The molecule has 0 aromatic heterocycles. The predicted octanol–water partition coefficient (Wildman–Crippen LogP) is 4.63. The fourth-order valence-electron chi connectivity index (χ4n) is 2.26. The van der Waals surface area contributed by atoms with E-state index in [0.29, 0.717) is 21.5 Å². The van der Waals surface area contributed by atoms with Gasteiger partial charge in [-0.1, -0.05) is 36.1 Å². The van der Waals surface area contributed by atoms with E-state index in [2.05, 4.69) is 0 Å². The van der Waals surface area contributed by atoms with E-state index in [-0.39, 0.29) is 11.7 Å². The Morgan fingerprint density at radius 1 is 1.17 bits per heavy atom. The maximum atomic E-state index is 13.1. The molecule has 0 N–H and O–H groups in total. The van der Waals surface area contributed by atoms with Gasteiger partial charge in [0, 0.05) is 0 Å². The number of benzene rings is 2. The molecule has 0 bridgehead atoms. The van der Waals surface area contributed by atoms with Crippen LogP contribution in [0.3, 0.4) is 0 Å². The molecule has 3 rings (SSSR count). The number of halogens is 1. The molecule has 0 aliphatic carbocycles. The minimum Gasteiger partial charge on any atom is -0.494 e. The average Bonchev–Trinajstić information content (AvgIpc) is 2.85. The number of hydrogen-bond donors (Lipinski definition) is 0. The quantitative estimate of drug-likeness (QED) is 0.588. The molecule has 0 radical (unpaired) electrons. The van der Waals surface area contributed by atoms with Gasteiger partial charge in [-0.15, -0.1) is 0 Å². The van der Waals surface area contributed by atoms with Crippen molar-refractivity contribution >= 4 is 46.0 Å². The SMILES string of the molecule is CCOc1ccc(/C=C2\SC(=S)N(c3ccc(F)cc3)C2=O)cc1. The van der Waals surface area contributed by atoms with E-state index in [0.717, 1.165) is 11.3 Å². The summed E-state index contributed by atoms with van der Waals surface area (Å²) in [6.07, 6.45) is 1.79. The molecule has 2 aromatic carbocycles. The molecule has 0 saturated carbocycles. The Morgan fingerprint density at radius 2 is 1.83 bits per heavy atom.